The quantitative estimate of drug-likeness (QED) is 0.474. The second-order valence-corrected chi connectivity index (χ2v) is 12.9. The Labute approximate surface area is 191 Å². The van der Waals surface area contributed by atoms with E-state index in [-0.39, 0.29) is 0 Å². The zero-order chi connectivity index (χ0) is 22.2. The number of nitrogens with one attached hydrogen (secondary N) is 4. The predicted molar refractivity (Wildman–Crippen MR) is 130 cm³/mol. The molecule has 5 heterocycles. The van der Waals surface area contributed by atoms with Crippen LogP contribution in [0.25, 0.3) is 0 Å². The highest BCUT2D eigenvalue weighted by atomic mass is 15.1. The van der Waals surface area contributed by atoms with Crippen molar-refractivity contribution >= 4 is 0 Å². The van der Waals surface area contributed by atoms with E-state index in [9.17, 15) is 0 Å². The van der Waals surface area contributed by atoms with Crippen LogP contribution in [0, 0.1) is 47.3 Å². The van der Waals surface area contributed by atoms with Crippen LogP contribution in [0.5, 0.6) is 0 Å². The molecule has 4 N–H and O–H groups in total. The van der Waals surface area contributed by atoms with Crippen LogP contribution in [0.1, 0.15) is 74.7 Å². The van der Waals surface area contributed by atoms with Crippen LogP contribution < -0.4 is 21.3 Å². The van der Waals surface area contributed by atoms with Crippen molar-refractivity contribution in [1.29, 1.82) is 0 Å². The summed E-state index contributed by atoms with van der Waals surface area (Å²) in [5, 5.41) is 16.7. The SMILES string of the molecule is CC1C2CC3NC(CC4NC(C(C)C4C)C4NC(CC(N2)C1C)C(C)C4C)C(C)C3C. The van der Waals surface area contributed by atoms with Gasteiger partial charge in [0.25, 0.3) is 0 Å². The van der Waals surface area contributed by atoms with E-state index in [1.807, 2.05) is 0 Å². The van der Waals surface area contributed by atoms with E-state index in [1.165, 1.54) is 19.3 Å². The molecule has 0 aliphatic carbocycles. The van der Waals surface area contributed by atoms with Crippen molar-refractivity contribution in [2.24, 2.45) is 47.3 Å². The average Bonchev–Trinajstić information content (AvgIpc) is 3.36. The lowest BCUT2D eigenvalue weighted by Gasteiger charge is -2.29. The van der Waals surface area contributed by atoms with Crippen molar-refractivity contribution in [2.45, 2.75) is 123 Å². The van der Waals surface area contributed by atoms with E-state index in [0.717, 1.165) is 47.3 Å². The summed E-state index contributed by atoms with van der Waals surface area (Å²) in [4.78, 5) is 0. The summed E-state index contributed by atoms with van der Waals surface area (Å²) in [6.07, 6.45) is 3.87. The second kappa shape index (κ2) is 8.25. The lowest BCUT2D eigenvalue weighted by Crippen LogP contribution is -2.50. The molecule has 5 aliphatic rings. The molecular formula is C27H50N4. The van der Waals surface area contributed by atoms with E-state index in [4.69, 9.17) is 0 Å². The molecule has 16 atom stereocenters. The van der Waals surface area contributed by atoms with Gasteiger partial charge in [0, 0.05) is 48.3 Å². The third-order valence-electron chi connectivity index (χ3n) is 11.8. The van der Waals surface area contributed by atoms with Crippen molar-refractivity contribution < 1.29 is 0 Å². The summed E-state index contributed by atoms with van der Waals surface area (Å²) < 4.78 is 0. The smallest absolute Gasteiger partial charge is 0.0255 e. The maximum absolute atomic E-state index is 4.19. The highest BCUT2D eigenvalue weighted by molar-refractivity contribution is 5.10. The van der Waals surface area contributed by atoms with Gasteiger partial charge in [-0.2, -0.15) is 0 Å². The van der Waals surface area contributed by atoms with E-state index in [0.29, 0.717) is 48.3 Å². The molecule has 0 aromatic rings. The molecule has 0 aromatic heterocycles. The van der Waals surface area contributed by atoms with E-state index in [2.05, 4.69) is 76.7 Å². The molecule has 0 radical (unpaired) electrons. The molecule has 31 heavy (non-hydrogen) atoms. The van der Waals surface area contributed by atoms with Crippen LogP contribution in [0.4, 0.5) is 0 Å². The molecule has 5 aliphatic heterocycles. The zero-order valence-electron chi connectivity index (χ0n) is 21.4. The van der Waals surface area contributed by atoms with Gasteiger partial charge < -0.3 is 21.3 Å². The number of hydrogen-bond acceptors (Lipinski definition) is 4. The molecule has 178 valence electrons. The van der Waals surface area contributed by atoms with Crippen molar-refractivity contribution in [3.05, 3.63) is 0 Å². The Morgan fingerprint density at radius 1 is 0.323 bits per heavy atom. The summed E-state index contributed by atoms with van der Waals surface area (Å²) in [5.74, 6) is 6.04. The van der Waals surface area contributed by atoms with Crippen molar-refractivity contribution in [1.82, 2.24) is 21.3 Å². The first-order valence-corrected chi connectivity index (χ1v) is 13.7. The van der Waals surface area contributed by atoms with Crippen LogP contribution in [0.3, 0.4) is 0 Å². The summed E-state index contributed by atoms with van der Waals surface area (Å²) >= 11 is 0. The molecule has 5 rings (SSSR count). The summed E-state index contributed by atoms with van der Waals surface area (Å²) in [6, 6.07) is 5.14. The number of rotatable bonds is 0. The van der Waals surface area contributed by atoms with Gasteiger partial charge in [0.05, 0.1) is 0 Å². The highest BCUT2D eigenvalue weighted by Crippen LogP contribution is 2.43. The Balaban J connectivity index is 1.45. The number of hydrogen-bond donors (Lipinski definition) is 4. The predicted octanol–water partition coefficient (Wildman–Crippen LogP) is 3.62. The molecule has 4 nitrogen and oxygen atoms in total. The zero-order valence-corrected chi connectivity index (χ0v) is 21.4. The second-order valence-electron chi connectivity index (χ2n) is 12.9. The normalized spacial score (nSPS) is 61.9. The molecule has 0 aromatic carbocycles. The standard InChI is InChI=1S/C27H50N4/c1-12-14(3)22-10-24-16(5)18(7)26(30-24)27-19(8)17(6)25(31-27)11-23-15(4)13(2)21(29-23)9-20(12)28-22/h12-31H,9-11H2,1-8H3. The van der Waals surface area contributed by atoms with Gasteiger partial charge in [0.2, 0.25) is 0 Å². The summed E-state index contributed by atoms with van der Waals surface area (Å²) in [5.41, 5.74) is 0. The molecule has 5 fully saturated rings. The first-order chi connectivity index (χ1) is 14.7. The van der Waals surface area contributed by atoms with Gasteiger partial charge in [-0.15, -0.1) is 0 Å². The van der Waals surface area contributed by atoms with Gasteiger partial charge in [-0.25, -0.2) is 0 Å². The van der Waals surface area contributed by atoms with Crippen molar-refractivity contribution in [2.75, 3.05) is 0 Å². The Kier molecular flexibility index (Phi) is 6.02. The van der Waals surface area contributed by atoms with E-state index in [1.54, 1.807) is 0 Å². The molecular weight excluding hydrogens is 380 g/mol. The Morgan fingerprint density at radius 2 is 0.548 bits per heavy atom. The first kappa shape index (κ1) is 22.6. The van der Waals surface area contributed by atoms with E-state index < -0.39 is 0 Å². The van der Waals surface area contributed by atoms with Crippen LogP contribution in [-0.2, 0) is 0 Å². The summed E-state index contributed by atoms with van der Waals surface area (Å²) in [6.45, 7) is 20.1. The van der Waals surface area contributed by atoms with Crippen molar-refractivity contribution in [3.8, 4) is 0 Å². The molecule has 0 amide bonds. The maximum atomic E-state index is 4.19. The van der Waals surface area contributed by atoms with Gasteiger partial charge in [-0.1, -0.05) is 55.4 Å². The first-order valence-electron chi connectivity index (χ1n) is 13.7. The van der Waals surface area contributed by atoms with Gasteiger partial charge in [-0.05, 0) is 66.6 Å². The minimum absolute atomic E-state index is 0.609. The maximum Gasteiger partial charge on any atom is 0.0255 e. The van der Waals surface area contributed by atoms with Gasteiger partial charge in [-0.3, -0.25) is 0 Å². The fourth-order valence-corrected chi connectivity index (χ4v) is 8.49. The molecule has 4 heteroatoms. The van der Waals surface area contributed by atoms with Gasteiger partial charge >= 0.3 is 0 Å². The fourth-order valence-electron chi connectivity index (χ4n) is 8.49. The molecule has 16 unspecified atom stereocenters. The molecule has 0 saturated carbocycles. The molecule has 8 bridgehead atoms. The van der Waals surface area contributed by atoms with Crippen molar-refractivity contribution in [3.63, 3.8) is 0 Å². The topological polar surface area (TPSA) is 48.1 Å². The molecule has 0 spiro atoms. The Hall–Kier alpha value is -0.160. The van der Waals surface area contributed by atoms with Gasteiger partial charge in [0.1, 0.15) is 0 Å². The lowest BCUT2D eigenvalue weighted by atomic mass is 9.80. The Morgan fingerprint density at radius 3 is 0.839 bits per heavy atom. The monoisotopic (exact) mass is 430 g/mol. The van der Waals surface area contributed by atoms with Crippen LogP contribution in [-0.4, -0.2) is 48.3 Å². The molecule has 5 saturated heterocycles. The number of fused-ring (bicyclic) bond motifs is 9. The summed E-state index contributed by atoms with van der Waals surface area (Å²) in [7, 11) is 0. The third kappa shape index (κ3) is 3.63. The minimum Gasteiger partial charge on any atom is -0.311 e. The van der Waals surface area contributed by atoms with Crippen LogP contribution >= 0.6 is 0 Å². The van der Waals surface area contributed by atoms with Crippen LogP contribution in [0.15, 0.2) is 0 Å². The van der Waals surface area contributed by atoms with E-state index >= 15 is 0 Å². The third-order valence-corrected chi connectivity index (χ3v) is 11.8. The Bertz CT molecular complexity index is 599. The fraction of sp³-hybridized carbons (Fsp3) is 1.00. The van der Waals surface area contributed by atoms with Gasteiger partial charge in [0.15, 0.2) is 0 Å². The van der Waals surface area contributed by atoms with Crippen LogP contribution in [0.2, 0.25) is 0 Å². The lowest BCUT2D eigenvalue weighted by molar-refractivity contribution is 0.291. The minimum atomic E-state index is 0.609. The largest absolute Gasteiger partial charge is 0.311 e. The average molecular weight is 431 g/mol. The highest BCUT2D eigenvalue weighted by Gasteiger charge is 2.51.